The van der Waals surface area contributed by atoms with Gasteiger partial charge in [-0.2, -0.15) is 20.5 Å². The summed E-state index contributed by atoms with van der Waals surface area (Å²) in [6.45, 7) is 6.33. The van der Waals surface area contributed by atoms with Gasteiger partial charge in [-0.15, -0.1) is 10.2 Å². The molecule has 3 aromatic rings. The standard InChI is InChI=1S/C29H33N6O3Si/c1-4-19-10-7-13-22(25(19)36)16-30-33-28(34-31-17-23-14-8-11-20(5-2)26(23)37)29(39)35-32-18-24-15-9-12-21(6-3)27(24)38/h7-15,36-38H,4-6,16-18H2,1-3H3. The number of azo groups is 3. The van der Waals surface area contributed by atoms with Gasteiger partial charge in [0.05, 0.1) is 25.0 Å². The summed E-state index contributed by atoms with van der Waals surface area (Å²) in [5.41, 5.74) is 4.43. The van der Waals surface area contributed by atoms with Crippen LogP contribution >= 0.6 is 0 Å². The van der Waals surface area contributed by atoms with Crippen LogP contribution in [0.25, 0.3) is 0 Å². The van der Waals surface area contributed by atoms with Gasteiger partial charge in [-0.1, -0.05) is 75.4 Å². The van der Waals surface area contributed by atoms with Gasteiger partial charge in [-0.25, -0.2) is 0 Å². The third-order valence-electron chi connectivity index (χ3n) is 6.19. The van der Waals surface area contributed by atoms with Crippen LogP contribution in [0.1, 0.15) is 54.2 Å². The van der Waals surface area contributed by atoms with Gasteiger partial charge in [0, 0.05) is 16.7 Å². The molecule has 0 aliphatic carbocycles. The van der Waals surface area contributed by atoms with Crippen molar-refractivity contribution in [1.82, 2.24) is 0 Å². The zero-order chi connectivity index (χ0) is 28.2. The molecule has 0 spiro atoms. The molecule has 0 fully saturated rings. The van der Waals surface area contributed by atoms with Gasteiger partial charge in [-0.05, 0) is 36.0 Å². The van der Waals surface area contributed by atoms with Gasteiger partial charge in [-0.3, -0.25) is 0 Å². The Morgan fingerprint density at radius 1 is 0.538 bits per heavy atom. The predicted molar refractivity (Wildman–Crippen MR) is 151 cm³/mol. The maximum atomic E-state index is 10.4. The highest BCUT2D eigenvalue weighted by Crippen LogP contribution is 2.26. The van der Waals surface area contributed by atoms with Crippen LogP contribution in [0.2, 0.25) is 0 Å². The Labute approximate surface area is 232 Å². The highest BCUT2D eigenvalue weighted by atomic mass is 28.1. The van der Waals surface area contributed by atoms with Crippen LogP contribution in [0, 0.1) is 0 Å². The molecule has 0 aliphatic rings. The van der Waals surface area contributed by atoms with E-state index in [1.807, 2.05) is 57.2 Å². The minimum Gasteiger partial charge on any atom is -0.507 e. The van der Waals surface area contributed by atoms with Crippen LogP contribution in [-0.2, 0) is 38.9 Å². The number of aromatic hydroxyl groups is 3. The average Bonchev–Trinajstić information content (AvgIpc) is 2.94. The zero-order valence-electron chi connectivity index (χ0n) is 22.5. The van der Waals surface area contributed by atoms with Crippen molar-refractivity contribution in [2.75, 3.05) is 0 Å². The first-order valence-corrected chi connectivity index (χ1v) is 13.4. The summed E-state index contributed by atoms with van der Waals surface area (Å²) in [6, 6.07) is 16.6. The Morgan fingerprint density at radius 2 is 0.846 bits per heavy atom. The third kappa shape index (κ3) is 7.90. The van der Waals surface area contributed by atoms with Crippen LogP contribution in [0.5, 0.6) is 17.2 Å². The number of nitrogens with zero attached hydrogens (tertiary/aromatic N) is 6. The quantitative estimate of drug-likeness (QED) is 0.167. The van der Waals surface area contributed by atoms with Gasteiger partial charge < -0.3 is 15.3 Å². The van der Waals surface area contributed by atoms with Crippen molar-refractivity contribution < 1.29 is 15.3 Å². The van der Waals surface area contributed by atoms with Crippen molar-refractivity contribution in [3.63, 3.8) is 0 Å². The Hall–Kier alpha value is -4.18. The second-order valence-corrected chi connectivity index (χ2v) is 9.18. The number of rotatable bonds is 12. The van der Waals surface area contributed by atoms with Gasteiger partial charge in [0.25, 0.3) is 0 Å². The first-order valence-electron chi connectivity index (χ1n) is 12.9. The van der Waals surface area contributed by atoms with E-state index in [-0.39, 0.29) is 48.0 Å². The Morgan fingerprint density at radius 3 is 1.18 bits per heavy atom. The Kier molecular flexibility index (Phi) is 11.1. The zero-order valence-corrected chi connectivity index (χ0v) is 23.5. The molecule has 0 aliphatic heterocycles. The number of phenols is 3. The molecule has 39 heavy (non-hydrogen) atoms. The molecule has 3 N–H and O–H groups in total. The number of aryl methyl sites for hydroxylation is 3. The van der Waals surface area contributed by atoms with Crippen LogP contribution in [0.15, 0.2) is 96.4 Å². The van der Waals surface area contributed by atoms with Crippen LogP contribution in [0.3, 0.4) is 0 Å². The van der Waals surface area contributed by atoms with Gasteiger partial charge >= 0.3 is 0 Å². The van der Waals surface area contributed by atoms with Gasteiger partial charge in [0.1, 0.15) is 27.5 Å². The molecule has 3 radical (unpaired) electrons. The van der Waals surface area contributed by atoms with E-state index < -0.39 is 0 Å². The maximum Gasteiger partial charge on any atom is 0.213 e. The SMILES string of the molecule is CCc1cccc(CN=NC([Si])=C(N=NCc2cccc(CC)c2O)N=NCc2cccc(CC)c2O)c1O. The minimum absolute atomic E-state index is 0.0687. The van der Waals surface area contributed by atoms with Crippen LogP contribution in [-0.4, -0.2) is 25.6 Å². The van der Waals surface area contributed by atoms with Crippen molar-refractivity contribution in [2.24, 2.45) is 30.7 Å². The molecule has 0 amide bonds. The molecule has 0 bridgehead atoms. The summed E-state index contributed by atoms with van der Waals surface area (Å²) in [7, 11) is 3.42. The van der Waals surface area contributed by atoms with E-state index in [0.29, 0.717) is 36.0 Å². The monoisotopic (exact) mass is 541 g/mol. The molecular formula is C29H33N6O3Si. The van der Waals surface area contributed by atoms with Gasteiger partial charge in [0.2, 0.25) is 5.82 Å². The van der Waals surface area contributed by atoms with Crippen molar-refractivity contribution in [1.29, 1.82) is 0 Å². The van der Waals surface area contributed by atoms with E-state index in [9.17, 15) is 15.3 Å². The molecule has 0 aromatic heterocycles. The fourth-order valence-corrected chi connectivity index (χ4v) is 4.04. The van der Waals surface area contributed by atoms with E-state index in [1.54, 1.807) is 18.2 Å². The Balaban J connectivity index is 1.85. The molecule has 0 saturated heterocycles. The maximum absolute atomic E-state index is 10.4. The highest BCUT2D eigenvalue weighted by Gasteiger charge is 2.08. The molecule has 10 heteroatoms. The molecular weight excluding hydrogens is 508 g/mol. The summed E-state index contributed by atoms with van der Waals surface area (Å²) in [4.78, 5) is 0. The number of hydrogen-bond donors (Lipinski definition) is 3. The van der Waals surface area contributed by atoms with Crippen molar-refractivity contribution >= 4 is 10.2 Å². The summed E-state index contributed by atoms with van der Waals surface area (Å²) < 4.78 is 0. The first-order chi connectivity index (χ1) is 18.9. The topological polar surface area (TPSA) is 135 Å². The minimum atomic E-state index is 0.0687. The van der Waals surface area contributed by atoms with E-state index in [4.69, 9.17) is 0 Å². The van der Waals surface area contributed by atoms with E-state index in [1.165, 1.54) is 0 Å². The highest BCUT2D eigenvalue weighted by molar-refractivity contribution is 6.21. The van der Waals surface area contributed by atoms with Gasteiger partial charge in [0.15, 0.2) is 0 Å². The van der Waals surface area contributed by atoms with E-state index in [0.717, 1.165) is 16.7 Å². The third-order valence-corrected chi connectivity index (χ3v) is 6.51. The fraction of sp³-hybridized carbons (Fsp3) is 0.310. The molecule has 0 heterocycles. The normalized spacial score (nSPS) is 11.7. The molecule has 3 aromatic carbocycles. The largest absolute Gasteiger partial charge is 0.507 e. The molecule has 0 unspecified atom stereocenters. The fourth-order valence-electron chi connectivity index (χ4n) is 3.87. The lowest BCUT2D eigenvalue weighted by molar-refractivity contribution is 0.461. The average molecular weight is 542 g/mol. The second kappa shape index (κ2) is 14.7. The molecule has 9 nitrogen and oxygen atoms in total. The summed E-state index contributed by atoms with van der Waals surface area (Å²) in [6.07, 6.45) is 2.10. The lowest BCUT2D eigenvalue weighted by atomic mass is 10.1. The first kappa shape index (κ1) is 29.4. The summed E-state index contributed by atoms with van der Waals surface area (Å²) >= 11 is 0. The number of benzene rings is 3. The summed E-state index contributed by atoms with van der Waals surface area (Å²) in [5.74, 6) is 0.676. The summed E-state index contributed by atoms with van der Waals surface area (Å²) in [5, 5.41) is 56.6. The van der Waals surface area contributed by atoms with Crippen molar-refractivity contribution in [3.8, 4) is 17.2 Å². The molecule has 0 atom stereocenters. The number of para-hydroxylation sites is 3. The van der Waals surface area contributed by atoms with Crippen LogP contribution < -0.4 is 0 Å². The number of phenolic OH excluding ortho intramolecular Hbond substituents is 3. The Bertz CT molecular complexity index is 1330. The number of hydrogen-bond acceptors (Lipinski definition) is 9. The molecule has 3 rings (SSSR count). The van der Waals surface area contributed by atoms with E-state index in [2.05, 4.69) is 40.9 Å². The lowest BCUT2D eigenvalue weighted by Gasteiger charge is -2.06. The molecule has 201 valence electrons. The smallest absolute Gasteiger partial charge is 0.213 e. The molecule has 0 saturated carbocycles. The van der Waals surface area contributed by atoms with Crippen LogP contribution in [0.4, 0.5) is 0 Å². The van der Waals surface area contributed by atoms with Crippen molar-refractivity contribution in [3.05, 3.63) is 99.1 Å². The second-order valence-electron chi connectivity index (χ2n) is 8.71. The van der Waals surface area contributed by atoms with Crippen molar-refractivity contribution in [2.45, 2.75) is 59.7 Å². The lowest BCUT2D eigenvalue weighted by Crippen LogP contribution is -1.90. The van der Waals surface area contributed by atoms with E-state index >= 15 is 0 Å². The predicted octanol–water partition coefficient (Wildman–Crippen LogP) is 7.04.